The Hall–Kier alpha value is -1.20. The summed E-state index contributed by atoms with van der Waals surface area (Å²) in [6.07, 6.45) is 2.70. The van der Waals surface area contributed by atoms with Crippen LogP contribution in [-0.2, 0) is 6.54 Å². The predicted molar refractivity (Wildman–Crippen MR) is 72.6 cm³/mol. The summed E-state index contributed by atoms with van der Waals surface area (Å²) in [6.45, 7) is 2.87. The Balaban J connectivity index is 2.39. The Morgan fingerprint density at radius 1 is 1.50 bits per heavy atom. The van der Waals surface area contributed by atoms with Crippen molar-refractivity contribution in [2.75, 3.05) is 0 Å². The molecule has 3 nitrogen and oxygen atoms in total. The summed E-state index contributed by atoms with van der Waals surface area (Å²) in [7, 11) is 0. The topological polar surface area (TPSA) is 43.8 Å². The number of hydrogen-bond acceptors (Lipinski definition) is 2. The monoisotopic (exact) mass is 311 g/mol. The maximum Gasteiger partial charge on any atom is 0.123 e. The average Bonchev–Trinajstić information content (AvgIpc) is 2.70. The second-order valence-corrected chi connectivity index (χ2v) is 4.99. The fourth-order valence-electron chi connectivity index (χ4n) is 1.93. The van der Waals surface area contributed by atoms with E-state index in [2.05, 4.69) is 28.0 Å². The molecule has 18 heavy (non-hydrogen) atoms. The van der Waals surface area contributed by atoms with Gasteiger partial charge in [0, 0.05) is 6.54 Å². The van der Waals surface area contributed by atoms with Crippen LogP contribution in [0.15, 0.2) is 34.9 Å². The first-order valence-corrected chi connectivity index (χ1v) is 6.65. The van der Waals surface area contributed by atoms with Crippen LogP contribution in [-0.4, -0.2) is 9.78 Å². The van der Waals surface area contributed by atoms with Crippen molar-refractivity contribution in [3.63, 3.8) is 0 Å². The van der Waals surface area contributed by atoms with Crippen LogP contribution in [0, 0.1) is 5.82 Å². The molecule has 1 aromatic carbocycles. The van der Waals surface area contributed by atoms with Crippen LogP contribution in [0.5, 0.6) is 0 Å². The first-order chi connectivity index (χ1) is 8.63. The number of aromatic nitrogens is 2. The SMILES string of the molecule is CCCn1ncc(Br)c1C(N)c1cccc(F)c1. The molecule has 0 amide bonds. The van der Waals surface area contributed by atoms with Gasteiger partial charge in [-0.05, 0) is 40.0 Å². The Kier molecular flexibility index (Phi) is 4.14. The molecule has 2 N–H and O–H groups in total. The third-order valence-electron chi connectivity index (χ3n) is 2.77. The lowest BCUT2D eigenvalue weighted by atomic mass is 10.0. The molecule has 0 aliphatic carbocycles. The fraction of sp³-hybridized carbons (Fsp3) is 0.308. The van der Waals surface area contributed by atoms with E-state index >= 15 is 0 Å². The third-order valence-corrected chi connectivity index (χ3v) is 3.38. The zero-order valence-electron chi connectivity index (χ0n) is 10.1. The van der Waals surface area contributed by atoms with E-state index in [4.69, 9.17) is 5.73 Å². The Morgan fingerprint density at radius 2 is 2.28 bits per heavy atom. The van der Waals surface area contributed by atoms with E-state index in [-0.39, 0.29) is 11.9 Å². The van der Waals surface area contributed by atoms with Crippen LogP contribution in [0.2, 0.25) is 0 Å². The minimum atomic E-state index is -0.385. The van der Waals surface area contributed by atoms with Crippen molar-refractivity contribution in [1.82, 2.24) is 9.78 Å². The summed E-state index contributed by atoms with van der Waals surface area (Å²) in [5, 5.41) is 4.27. The quantitative estimate of drug-likeness (QED) is 0.942. The van der Waals surface area contributed by atoms with Crippen molar-refractivity contribution in [3.05, 3.63) is 52.0 Å². The van der Waals surface area contributed by atoms with E-state index in [1.807, 2.05) is 10.7 Å². The van der Waals surface area contributed by atoms with E-state index in [0.29, 0.717) is 0 Å². The van der Waals surface area contributed by atoms with Gasteiger partial charge in [0.05, 0.1) is 22.4 Å². The summed E-state index contributed by atoms with van der Waals surface area (Å²) in [5.41, 5.74) is 7.83. The fourth-order valence-corrected chi connectivity index (χ4v) is 2.47. The molecule has 96 valence electrons. The molecule has 1 unspecified atom stereocenters. The van der Waals surface area contributed by atoms with Crippen molar-refractivity contribution in [1.29, 1.82) is 0 Å². The van der Waals surface area contributed by atoms with Crippen LogP contribution in [0.1, 0.15) is 30.6 Å². The Morgan fingerprint density at radius 3 is 2.94 bits per heavy atom. The van der Waals surface area contributed by atoms with Crippen molar-refractivity contribution in [2.45, 2.75) is 25.9 Å². The Bertz CT molecular complexity index is 539. The first-order valence-electron chi connectivity index (χ1n) is 5.85. The number of aryl methyl sites for hydroxylation is 1. The van der Waals surface area contributed by atoms with Crippen LogP contribution >= 0.6 is 15.9 Å². The van der Waals surface area contributed by atoms with Gasteiger partial charge in [-0.25, -0.2) is 4.39 Å². The lowest BCUT2D eigenvalue weighted by Crippen LogP contribution is -2.18. The molecule has 2 aromatic rings. The molecule has 1 heterocycles. The molecule has 0 saturated heterocycles. The normalized spacial score (nSPS) is 12.7. The molecule has 0 fully saturated rings. The maximum atomic E-state index is 13.2. The highest BCUT2D eigenvalue weighted by Crippen LogP contribution is 2.27. The number of nitrogens with zero attached hydrogens (tertiary/aromatic N) is 2. The van der Waals surface area contributed by atoms with Gasteiger partial charge < -0.3 is 5.73 Å². The second-order valence-electron chi connectivity index (χ2n) is 4.13. The zero-order chi connectivity index (χ0) is 13.1. The molecular formula is C13H15BrFN3. The van der Waals surface area contributed by atoms with E-state index < -0.39 is 0 Å². The minimum Gasteiger partial charge on any atom is -0.319 e. The maximum absolute atomic E-state index is 13.2. The van der Waals surface area contributed by atoms with Crippen molar-refractivity contribution in [3.8, 4) is 0 Å². The highest BCUT2D eigenvalue weighted by atomic mass is 79.9. The molecule has 0 aliphatic rings. The van der Waals surface area contributed by atoms with Crippen LogP contribution in [0.4, 0.5) is 4.39 Å². The predicted octanol–water partition coefficient (Wildman–Crippen LogP) is 3.24. The second kappa shape index (κ2) is 5.63. The van der Waals surface area contributed by atoms with Gasteiger partial charge in [-0.3, -0.25) is 4.68 Å². The van der Waals surface area contributed by atoms with Crippen LogP contribution < -0.4 is 5.73 Å². The highest BCUT2D eigenvalue weighted by Gasteiger charge is 2.18. The lowest BCUT2D eigenvalue weighted by molar-refractivity contribution is 0.557. The number of halogens is 2. The highest BCUT2D eigenvalue weighted by molar-refractivity contribution is 9.10. The van der Waals surface area contributed by atoms with Crippen molar-refractivity contribution < 1.29 is 4.39 Å². The van der Waals surface area contributed by atoms with Crippen LogP contribution in [0.3, 0.4) is 0 Å². The Labute approximate surface area is 114 Å². The molecule has 0 radical (unpaired) electrons. The smallest absolute Gasteiger partial charge is 0.123 e. The molecule has 0 spiro atoms. The molecule has 0 aliphatic heterocycles. The van der Waals surface area contributed by atoms with Gasteiger partial charge in [-0.1, -0.05) is 19.1 Å². The van der Waals surface area contributed by atoms with Gasteiger partial charge in [0.1, 0.15) is 5.82 Å². The van der Waals surface area contributed by atoms with Gasteiger partial charge >= 0.3 is 0 Å². The van der Waals surface area contributed by atoms with Gasteiger partial charge in [-0.15, -0.1) is 0 Å². The van der Waals surface area contributed by atoms with Gasteiger partial charge in [0.15, 0.2) is 0 Å². The van der Waals surface area contributed by atoms with E-state index in [1.165, 1.54) is 12.1 Å². The minimum absolute atomic E-state index is 0.277. The van der Waals surface area contributed by atoms with Gasteiger partial charge in [-0.2, -0.15) is 5.10 Å². The average molecular weight is 312 g/mol. The van der Waals surface area contributed by atoms with E-state index in [0.717, 1.165) is 28.7 Å². The van der Waals surface area contributed by atoms with E-state index in [9.17, 15) is 4.39 Å². The van der Waals surface area contributed by atoms with Gasteiger partial charge in [0.2, 0.25) is 0 Å². The standard InChI is InChI=1S/C13H15BrFN3/c1-2-6-18-13(11(14)8-17-18)12(16)9-4-3-5-10(15)7-9/h3-5,7-8,12H,2,6,16H2,1H3. The van der Waals surface area contributed by atoms with Gasteiger partial charge in [0.25, 0.3) is 0 Å². The molecule has 2 rings (SSSR count). The largest absolute Gasteiger partial charge is 0.319 e. The molecule has 1 atom stereocenters. The summed E-state index contributed by atoms with van der Waals surface area (Å²) in [5.74, 6) is -0.277. The molecule has 1 aromatic heterocycles. The third kappa shape index (κ3) is 2.62. The summed E-state index contributed by atoms with van der Waals surface area (Å²) in [6, 6.07) is 5.97. The summed E-state index contributed by atoms with van der Waals surface area (Å²) in [4.78, 5) is 0. The summed E-state index contributed by atoms with van der Waals surface area (Å²) < 4.78 is 15.9. The number of nitrogens with two attached hydrogens (primary N) is 1. The van der Waals surface area contributed by atoms with E-state index in [1.54, 1.807) is 12.3 Å². The summed E-state index contributed by atoms with van der Waals surface area (Å²) >= 11 is 3.45. The number of rotatable bonds is 4. The van der Waals surface area contributed by atoms with Crippen molar-refractivity contribution >= 4 is 15.9 Å². The lowest BCUT2D eigenvalue weighted by Gasteiger charge is -2.15. The zero-order valence-corrected chi connectivity index (χ0v) is 11.7. The first kappa shape index (κ1) is 13.2. The van der Waals surface area contributed by atoms with Crippen LogP contribution in [0.25, 0.3) is 0 Å². The molecular weight excluding hydrogens is 297 g/mol. The van der Waals surface area contributed by atoms with Crippen molar-refractivity contribution in [2.24, 2.45) is 5.73 Å². The number of benzene rings is 1. The molecule has 0 saturated carbocycles. The molecule has 5 heteroatoms. The number of hydrogen-bond donors (Lipinski definition) is 1. The molecule has 0 bridgehead atoms.